The molecular formula is C39H39NO2S. The van der Waals surface area contributed by atoms with E-state index in [0.717, 1.165) is 27.8 Å². The Balaban J connectivity index is 1.64. The molecule has 43 heavy (non-hydrogen) atoms. The van der Waals surface area contributed by atoms with Crippen LogP contribution in [0.3, 0.4) is 0 Å². The molecule has 3 atom stereocenters. The second kappa shape index (κ2) is 14.4. The molecule has 0 saturated heterocycles. The molecule has 5 aromatic carbocycles. The van der Waals surface area contributed by atoms with Crippen molar-refractivity contribution in [2.45, 2.75) is 35.5 Å². The van der Waals surface area contributed by atoms with Crippen LogP contribution in [0.2, 0.25) is 0 Å². The maximum Gasteiger partial charge on any atom is 0.320 e. The smallest absolute Gasteiger partial charge is 0.320 e. The summed E-state index contributed by atoms with van der Waals surface area (Å²) in [5.74, 6) is -0.219. The van der Waals surface area contributed by atoms with Crippen molar-refractivity contribution in [2.75, 3.05) is 14.1 Å². The summed E-state index contributed by atoms with van der Waals surface area (Å²) < 4.78 is 5.89. The molecule has 0 unspecified atom stereocenters. The van der Waals surface area contributed by atoms with Crippen LogP contribution in [-0.4, -0.2) is 36.3 Å². The van der Waals surface area contributed by atoms with Crippen molar-refractivity contribution < 1.29 is 9.53 Å². The number of carbonyl (C=O) groups is 1. The first-order chi connectivity index (χ1) is 21.0. The number of esters is 1. The van der Waals surface area contributed by atoms with E-state index in [9.17, 15) is 4.79 Å². The Morgan fingerprint density at radius 1 is 0.651 bits per heavy atom. The van der Waals surface area contributed by atoms with E-state index in [1.54, 1.807) is 11.8 Å². The average molecular weight is 586 g/mol. The van der Waals surface area contributed by atoms with Crippen LogP contribution in [0.15, 0.2) is 152 Å². The molecule has 0 heterocycles. The first kappa shape index (κ1) is 30.3. The summed E-state index contributed by atoms with van der Waals surface area (Å²) in [4.78, 5) is 16.7. The van der Waals surface area contributed by atoms with Crippen LogP contribution >= 0.6 is 11.8 Å². The van der Waals surface area contributed by atoms with Crippen LogP contribution in [0.4, 0.5) is 0 Å². The highest BCUT2D eigenvalue weighted by Crippen LogP contribution is 2.51. The van der Waals surface area contributed by atoms with Crippen molar-refractivity contribution in [1.29, 1.82) is 0 Å². The van der Waals surface area contributed by atoms with Gasteiger partial charge in [-0.3, -0.25) is 4.79 Å². The van der Waals surface area contributed by atoms with E-state index < -0.39 is 16.1 Å². The standard InChI is InChI=1S/C39H39NO2S/c1-30(40(2)3)37(32-21-11-5-12-22-32)42-38(41)36(29-31-19-9-4-10-20-31)43-39(33-23-13-6-14-24-33,34-25-15-7-16-26-34)35-27-17-8-18-28-35/h4-28,30,36-37H,29H2,1-3H3/t30-,36+,37+/m0/s1. The van der Waals surface area contributed by atoms with Crippen molar-refractivity contribution in [3.05, 3.63) is 179 Å². The van der Waals surface area contributed by atoms with Crippen molar-refractivity contribution >= 4 is 17.7 Å². The second-order valence-electron chi connectivity index (χ2n) is 11.0. The Hall–Kier alpha value is -4.12. The van der Waals surface area contributed by atoms with Crippen LogP contribution in [0.25, 0.3) is 0 Å². The van der Waals surface area contributed by atoms with Crippen LogP contribution in [0.1, 0.15) is 40.8 Å². The molecule has 3 nitrogen and oxygen atoms in total. The summed E-state index contributed by atoms with van der Waals surface area (Å²) >= 11 is 1.67. The third-order valence-electron chi connectivity index (χ3n) is 8.01. The predicted molar refractivity (Wildman–Crippen MR) is 179 cm³/mol. The first-order valence-electron chi connectivity index (χ1n) is 14.8. The minimum absolute atomic E-state index is 0.0177. The quantitative estimate of drug-likeness (QED) is 0.108. The molecule has 0 aliphatic heterocycles. The molecule has 0 amide bonds. The number of rotatable bonds is 12. The Morgan fingerprint density at radius 3 is 1.47 bits per heavy atom. The van der Waals surface area contributed by atoms with Gasteiger partial charge in [0.2, 0.25) is 0 Å². The molecule has 5 aromatic rings. The lowest BCUT2D eigenvalue weighted by molar-refractivity contribution is -0.151. The number of thioether (sulfide) groups is 1. The zero-order valence-corrected chi connectivity index (χ0v) is 25.9. The lowest BCUT2D eigenvalue weighted by Crippen LogP contribution is -2.38. The van der Waals surface area contributed by atoms with Crippen LogP contribution in [-0.2, 0) is 20.7 Å². The Bertz CT molecular complexity index is 1450. The van der Waals surface area contributed by atoms with Crippen LogP contribution in [0.5, 0.6) is 0 Å². The largest absolute Gasteiger partial charge is 0.455 e. The van der Waals surface area contributed by atoms with Gasteiger partial charge >= 0.3 is 5.97 Å². The van der Waals surface area contributed by atoms with E-state index in [1.165, 1.54) is 0 Å². The summed E-state index contributed by atoms with van der Waals surface area (Å²) in [6.45, 7) is 2.10. The number of benzene rings is 5. The van der Waals surface area contributed by atoms with Crippen molar-refractivity contribution in [1.82, 2.24) is 4.90 Å². The van der Waals surface area contributed by atoms with Gasteiger partial charge in [-0.15, -0.1) is 11.8 Å². The minimum atomic E-state index is -0.655. The number of ether oxygens (including phenoxy) is 1. The number of likely N-dealkylation sites (N-methyl/N-ethyl adjacent to an activating group) is 1. The fraction of sp³-hybridized carbons (Fsp3) is 0.205. The third-order valence-corrected chi connectivity index (χ3v) is 9.71. The van der Waals surface area contributed by atoms with Gasteiger partial charge in [0.25, 0.3) is 0 Å². The van der Waals surface area contributed by atoms with Gasteiger partial charge in [0, 0.05) is 6.04 Å². The van der Waals surface area contributed by atoms with Gasteiger partial charge < -0.3 is 9.64 Å². The van der Waals surface area contributed by atoms with Crippen molar-refractivity contribution in [2.24, 2.45) is 0 Å². The highest BCUT2D eigenvalue weighted by atomic mass is 32.2. The number of nitrogens with zero attached hydrogens (tertiary/aromatic N) is 1. The van der Waals surface area contributed by atoms with Gasteiger partial charge in [0.15, 0.2) is 0 Å². The van der Waals surface area contributed by atoms with Gasteiger partial charge in [0.05, 0.1) is 4.75 Å². The number of carbonyl (C=O) groups excluding carboxylic acids is 1. The third kappa shape index (κ3) is 7.10. The van der Waals surface area contributed by atoms with E-state index >= 15 is 0 Å². The van der Waals surface area contributed by atoms with E-state index in [-0.39, 0.29) is 12.0 Å². The SMILES string of the molecule is C[C@@H]([C@@H](OC(=O)[C@@H](Cc1ccccc1)SC(c1ccccc1)(c1ccccc1)c1ccccc1)c1ccccc1)N(C)C. The molecule has 0 aliphatic rings. The molecule has 218 valence electrons. The summed E-state index contributed by atoms with van der Waals surface area (Å²) in [5, 5.41) is -0.497. The number of hydrogen-bond donors (Lipinski definition) is 0. The summed E-state index contributed by atoms with van der Waals surface area (Å²) in [7, 11) is 4.05. The van der Waals surface area contributed by atoms with E-state index in [1.807, 2.05) is 80.8 Å². The molecular weight excluding hydrogens is 547 g/mol. The summed E-state index contributed by atoms with van der Waals surface area (Å²) in [6, 6.07) is 51.9. The normalized spacial score (nSPS) is 13.7. The molecule has 0 radical (unpaired) electrons. The molecule has 0 saturated carbocycles. The maximum absolute atomic E-state index is 14.6. The molecule has 0 aliphatic carbocycles. The van der Waals surface area contributed by atoms with Crippen molar-refractivity contribution in [3.63, 3.8) is 0 Å². The fourth-order valence-electron chi connectivity index (χ4n) is 5.50. The zero-order valence-electron chi connectivity index (χ0n) is 25.0. The lowest BCUT2D eigenvalue weighted by Gasteiger charge is -2.38. The average Bonchev–Trinajstić information content (AvgIpc) is 3.07. The molecule has 0 N–H and O–H groups in total. The molecule has 4 heteroatoms. The minimum Gasteiger partial charge on any atom is -0.455 e. The van der Waals surface area contributed by atoms with Gasteiger partial charge in [-0.25, -0.2) is 0 Å². The fourth-order valence-corrected chi connectivity index (χ4v) is 7.17. The van der Waals surface area contributed by atoms with Crippen LogP contribution in [0, 0.1) is 0 Å². The van der Waals surface area contributed by atoms with Crippen molar-refractivity contribution in [3.8, 4) is 0 Å². The highest BCUT2D eigenvalue weighted by Gasteiger charge is 2.42. The molecule has 0 aromatic heterocycles. The molecule has 0 spiro atoms. The molecule has 5 rings (SSSR count). The Labute approximate surface area is 260 Å². The van der Waals surface area contributed by atoms with Gasteiger partial charge in [-0.2, -0.15) is 0 Å². The molecule has 0 fully saturated rings. The Morgan fingerprint density at radius 2 is 1.05 bits per heavy atom. The van der Waals surface area contributed by atoms with Gasteiger partial charge in [-0.05, 0) is 55.3 Å². The zero-order chi connectivity index (χ0) is 30.1. The second-order valence-corrected chi connectivity index (χ2v) is 12.5. The maximum atomic E-state index is 14.6. The lowest BCUT2D eigenvalue weighted by atomic mass is 9.84. The first-order valence-corrected chi connectivity index (χ1v) is 15.7. The number of hydrogen-bond acceptors (Lipinski definition) is 4. The summed E-state index contributed by atoms with van der Waals surface area (Å²) in [5.41, 5.74) is 5.43. The molecule has 0 bridgehead atoms. The van der Waals surface area contributed by atoms with Gasteiger partial charge in [0.1, 0.15) is 11.4 Å². The van der Waals surface area contributed by atoms with E-state index in [2.05, 4.69) is 96.8 Å². The predicted octanol–water partition coefficient (Wildman–Crippen LogP) is 8.56. The van der Waals surface area contributed by atoms with E-state index in [4.69, 9.17) is 4.74 Å². The highest BCUT2D eigenvalue weighted by molar-refractivity contribution is 8.01. The van der Waals surface area contributed by atoms with Gasteiger partial charge in [-0.1, -0.05) is 152 Å². The monoisotopic (exact) mass is 585 g/mol. The van der Waals surface area contributed by atoms with Crippen LogP contribution < -0.4 is 0 Å². The summed E-state index contributed by atoms with van der Waals surface area (Å²) in [6.07, 6.45) is 0.123. The topological polar surface area (TPSA) is 29.5 Å². The Kier molecular flexibility index (Phi) is 10.1. The van der Waals surface area contributed by atoms with E-state index in [0.29, 0.717) is 6.42 Å².